The number of hydrogen-bond donors (Lipinski definition) is 0. The smallest absolute Gasteiger partial charge is 0.317 e. The molecule has 6 heteroatoms. The first-order valence-corrected chi connectivity index (χ1v) is 8.95. The summed E-state index contributed by atoms with van der Waals surface area (Å²) in [6.07, 6.45) is 2.51. The first-order valence-electron chi connectivity index (χ1n) is 7.40. The predicted octanol–water partition coefficient (Wildman–Crippen LogP) is 5.01. The van der Waals surface area contributed by atoms with E-state index in [0.717, 1.165) is 10.0 Å². The molecule has 1 aromatic carbocycles. The molecule has 1 saturated carbocycles. The predicted molar refractivity (Wildman–Crippen MR) is 94.5 cm³/mol. The van der Waals surface area contributed by atoms with Crippen LogP contribution in [0.25, 0.3) is 0 Å². The molecule has 23 heavy (non-hydrogen) atoms. The monoisotopic (exact) mass is 418 g/mol. The number of ketones is 1. The van der Waals surface area contributed by atoms with Crippen molar-refractivity contribution in [3.63, 3.8) is 0 Å². The molecular weight excluding hydrogens is 403 g/mol. The van der Waals surface area contributed by atoms with Crippen LogP contribution in [0.2, 0.25) is 0 Å². The summed E-state index contributed by atoms with van der Waals surface area (Å²) in [7, 11) is 0. The number of carbonyl (C=O) groups is 2. The minimum absolute atomic E-state index is 0.0274. The zero-order chi connectivity index (χ0) is 17.0. The van der Waals surface area contributed by atoms with Crippen LogP contribution in [0.3, 0.4) is 0 Å². The van der Waals surface area contributed by atoms with Crippen LogP contribution in [0.5, 0.6) is 0 Å². The molecule has 0 aliphatic heterocycles. The molecular formula is C17H17BrCl2O3. The van der Waals surface area contributed by atoms with E-state index in [-0.39, 0.29) is 28.7 Å². The van der Waals surface area contributed by atoms with Crippen molar-refractivity contribution in [2.75, 3.05) is 6.61 Å². The van der Waals surface area contributed by atoms with Crippen LogP contribution in [0.1, 0.15) is 31.2 Å². The maximum Gasteiger partial charge on any atom is 0.317 e. The molecule has 0 amide bonds. The lowest BCUT2D eigenvalue weighted by atomic mass is 9.71. The van der Waals surface area contributed by atoms with Crippen LogP contribution in [0, 0.1) is 11.8 Å². The van der Waals surface area contributed by atoms with E-state index in [1.165, 1.54) is 0 Å². The molecule has 0 radical (unpaired) electrons. The van der Waals surface area contributed by atoms with E-state index >= 15 is 0 Å². The summed E-state index contributed by atoms with van der Waals surface area (Å²) in [4.78, 5) is 24.7. The van der Waals surface area contributed by atoms with Crippen LogP contribution in [0.4, 0.5) is 0 Å². The van der Waals surface area contributed by atoms with Gasteiger partial charge in [0.15, 0.2) is 0 Å². The average molecular weight is 420 g/mol. The first kappa shape index (κ1) is 18.5. The third-order valence-corrected chi connectivity index (χ3v) is 4.73. The van der Waals surface area contributed by atoms with Crippen molar-refractivity contribution < 1.29 is 14.3 Å². The largest absolute Gasteiger partial charge is 0.465 e. The normalized spacial score (nSPS) is 24.2. The van der Waals surface area contributed by atoms with E-state index in [1.54, 1.807) is 13.0 Å². The van der Waals surface area contributed by atoms with Gasteiger partial charge < -0.3 is 4.74 Å². The summed E-state index contributed by atoms with van der Waals surface area (Å²) in [6.45, 7) is 1.96. The van der Waals surface area contributed by atoms with E-state index in [0.29, 0.717) is 12.8 Å². The van der Waals surface area contributed by atoms with Gasteiger partial charge in [-0.25, -0.2) is 0 Å². The van der Waals surface area contributed by atoms with E-state index in [9.17, 15) is 9.59 Å². The highest BCUT2D eigenvalue weighted by Gasteiger charge is 2.41. The minimum Gasteiger partial charge on any atom is -0.465 e. The van der Waals surface area contributed by atoms with E-state index in [2.05, 4.69) is 15.9 Å². The Morgan fingerprint density at radius 1 is 1.43 bits per heavy atom. The highest BCUT2D eigenvalue weighted by molar-refractivity contribution is 9.10. The van der Waals surface area contributed by atoms with Gasteiger partial charge in [0.2, 0.25) is 0 Å². The maximum absolute atomic E-state index is 12.5. The highest BCUT2D eigenvalue weighted by Crippen LogP contribution is 2.40. The standard InChI is InChI=1S/C17H17BrCl2O3/c1-2-23-17(22)16-12(9-15(19)20)6-11(8-14(16)21)10-4-3-5-13(18)7-10/h3-5,7,9,11-12,16H,2,6,8H2,1H3/t11-,12+,16-/m0/s1. The Hall–Kier alpha value is -0.840. The lowest BCUT2D eigenvalue weighted by Crippen LogP contribution is -2.38. The Kier molecular flexibility index (Phi) is 6.69. The second-order valence-corrected chi connectivity index (χ2v) is 7.43. The Bertz CT molecular complexity index is 626. The maximum atomic E-state index is 12.5. The van der Waals surface area contributed by atoms with Crippen molar-refractivity contribution in [1.29, 1.82) is 0 Å². The molecule has 1 aliphatic carbocycles. The van der Waals surface area contributed by atoms with Gasteiger partial charge in [0.1, 0.15) is 16.2 Å². The molecule has 1 fully saturated rings. The van der Waals surface area contributed by atoms with Crippen molar-refractivity contribution in [3.05, 3.63) is 44.9 Å². The molecule has 1 aliphatic rings. The number of benzene rings is 1. The summed E-state index contributed by atoms with van der Waals surface area (Å²) in [6, 6.07) is 7.84. The number of carbonyl (C=O) groups excluding carboxylic acids is 2. The summed E-state index contributed by atoms with van der Waals surface area (Å²) < 4.78 is 6.06. The van der Waals surface area contributed by atoms with Crippen LogP contribution >= 0.6 is 39.1 Å². The molecule has 0 unspecified atom stereocenters. The molecule has 0 heterocycles. The Morgan fingerprint density at radius 2 is 2.17 bits per heavy atom. The minimum atomic E-state index is -0.828. The van der Waals surface area contributed by atoms with Crippen molar-refractivity contribution in [3.8, 4) is 0 Å². The zero-order valence-corrected chi connectivity index (χ0v) is 15.7. The summed E-state index contributed by atoms with van der Waals surface area (Å²) in [5.74, 6) is -1.79. The molecule has 0 saturated heterocycles. The molecule has 3 nitrogen and oxygen atoms in total. The Labute approximate surface area is 154 Å². The second-order valence-electron chi connectivity index (χ2n) is 5.51. The van der Waals surface area contributed by atoms with Gasteiger partial charge in [-0.1, -0.05) is 51.3 Å². The number of Topliss-reactive ketones (excluding diaryl/α,β-unsaturated/α-hetero) is 1. The molecule has 0 N–H and O–H groups in total. The Balaban J connectivity index is 2.29. The van der Waals surface area contributed by atoms with Gasteiger partial charge in [-0.15, -0.1) is 0 Å². The lowest BCUT2D eigenvalue weighted by Gasteiger charge is -2.32. The van der Waals surface area contributed by atoms with Crippen molar-refractivity contribution in [2.45, 2.75) is 25.7 Å². The van der Waals surface area contributed by atoms with Gasteiger partial charge in [-0.2, -0.15) is 0 Å². The molecule has 2 rings (SSSR count). The molecule has 0 aromatic heterocycles. The van der Waals surface area contributed by atoms with Gasteiger partial charge in [0.05, 0.1) is 6.61 Å². The van der Waals surface area contributed by atoms with Gasteiger partial charge in [-0.05, 0) is 43.0 Å². The van der Waals surface area contributed by atoms with E-state index in [1.807, 2.05) is 24.3 Å². The van der Waals surface area contributed by atoms with E-state index in [4.69, 9.17) is 27.9 Å². The van der Waals surface area contributed by atoms with Crippen molar-refractivity contribution in [2.24, 2.45) is 11.8 Å². The van der Waals surface area contributed by atoms with Gasteiger partial charge in [0, 0.05) is 16.8 Å². The quantitative estimate of drug-likeness (QED) is 0.508. The summed E-state index contributed by atoms with van der Waals surface area (Å²) in [5.41, 5.74) is 1.05. The number of hydrogen-bond acceptors (Lipinski definition) is 3. The van der Waals surface area contributed by atoms with Gasteiger partial charge in [-0.3, -0.25) is 9.59 Å². The first-order chi connectivity index (χ1) is 10.9. The topological polar surface area (TPSA) is 43.4 Å². The van der Waals surface area contributed by atoms with Crippen molar-refractivity contribution in [1.82, 2.24) is 0 Å². The second kappa shape index (κ2) is 8.32. The summed E-state index contributed by atoms with van der Waals surface area (Å²) >= 11 is 15.0. The number of esters is 1. The average Bonchev–Trinajstić information content (AvgIpc) is 2.46. The zero-order valence-electron chi connectivity index (χ0n) is 12.6. The summed E-state index contributed by atoms with van der Waals surface area (Å²) in [5, 5.41) is 0. The van der Waals surface area contributed by atoms with E-state index < -0.39 is 11.9 Å². The van der Waals surface area contributed by atoms with Gasteiger partial charge in [0.25, 0.3) is 0 Å². The third kappa shape index (κ3) is 4.82. The van der Waals surface area contributed by atoms with Gasteiger partial charge >= 0.3 is 5.97 Å². The van der Waals surface area contributed by atoms with Crippen LogP contribution in [-0.4, -0.2) is 18.4 Å². The molecule has 3 atom stereocenters. The van der Waals surface area contributed by atoms with Crippen molar-refractivity contribution >= 4 is 50.9 Å². The molecule has 1 aromatic rings. The fraction of sp³-hybridized carbons (Fsp3) is 0.412. The molecule has 0 bridgehead atoms. The SMILES string of the molecule is CCOC(=O)[C@@H]1C(=O)C[C@@H](c2cccc(Br)c2)C[C@@H]1C=C(Cl)Cl. The van der Waals surface area contributed by atoms with Crippen LogP contribution < -0.4 is 0 Å². The lowest BCUT2D eigenvalue weighted by molar-refractivity contribution is -0.154. The Morgan fingerprint density at radius 3 is 2.78 bits per heavy atom. The fourth-order valence-electron chi connectivity index (χ4n) is 3.04. The number of halogens is 3. The third-order valence-electron chi connectivity index (χ3n) is 3.98. The number of ether oxygens (including phenoxy) is 1. The molecule has 124 valence electrons. The fourth-order valence-corrected chi connectivity index (χ4v) is 3.78. The number of rotatable bonds is 4. The van der Waals surface area contributed by atoms with Crippen LogP contribution in [0.15, 0.2) is 39.3 Å². The number of allylic oxidation sites excluding steroid dienone is 1. The molecule has 0 spiro atoms. The highest BCUT2D eigenvalue weighted by atomic mass is 79.9. The van der Waals surface area contributed by atoms with Crippen LogP contribution in [-0.2, 0) is 14.3 Å².